The summed E-state index contributed by atoms with van der Waals surface area (Å²) in [6, 6.07) is 0. The van der Waals surface area contributed by atoms with Gasteiger partial charge in [-0.05, 0) is 25.3 Å². The van der Waals surface area contributed by atoms with Crippen LogP contribution < -0.4 is 10.6 Å². The largest absolute Gasteiger partial charge is 0.449 e. The summed E-state index contributed by atoms with van der Waals surface area (Å²) in [6.07, 6.45) is -1.27. The number of fused-ring (bicyclic) bond motifs is 1. The van der Waals surface area contributed by atoms with Gasteiger partial charge in [-0.1, -0.05) is 0 Å². The Morgan fingerprint density at radius 1 is 1.35 bits per heavy atom. The Balaban J connectivity index is 1.70. The number of nitrogens with zero attached hydrogens (tertiary/aromatic N) is 2. The molecule has 1 fully saturated rings. The Kier molecular flexibility index (Phi) is 3.72. The number of imidazole rings is 1. The van der Waals surface area contributed by atoms with E-state index >= 15 is 0 Å². The first-order valence-corrected chi connectivity index (χ1v) is 7.12. The molecule has 20 heavy (non-hydrogen) atoms. The molecule has 0 saturated heterocycles. The van der Waals surface area contributed by atoms with Crippen LogP contribution in [0.2, 0.25) is 0 Å². The molecule has 112 valence electrons. The molecule has 3 rings (SSSR count). The first-order valence-electron chi connectivity index (χ1n) is 7.12. The summed E-state index contributed by atoms with van der Waals surface area (Å²) < 4.78 is 40.2. The van der Waals surface area contributed by atoms with Crippen LogP contribution in [0.25, 0.3) is 0 Å². The lowest BCUT2D eigenvalue weighted by Crippen LogP contribution is -2.31. The summed E-state index contributed by atoms with van der Waals surface area (Å²) in [5.74, 6) is 0.0320. The van der Waals surface area contributed by atoms with Crippen LogP contribution in [-0.2, 0) is 25.7 Å². The summed E-state index contributed by atoms with van der Waals surface area (Å²) >= 11 is 0. The van der Waals surface area contributed by atoms with E-state index in [2.05, 4.69) is 15.6 Å². The Morgan fingerprint density at radius 3 is 2.85 bits per heavy atom. The molecule has 1 aliphatic carbocycles. The van der Waals surface area contributed by atoms with E-state index in [0.717, 1.165) is 12.5 Å². The molecule has 1 saturated carbocycles. The molecule has 0 amide bonds. The molecule has 2 aliphatic rings. The maximum atomic E-state index is 13.0. The molecular weight excluding hydrogens is 269 g/mol. The minimum Gasteiger partial charge on any atom is -0.322 e. The topological polar surface area (TPSA) is 41.9 Å². The highest BCUT2D eigenvalue weighted by Crippen LogP contribution is 2.31. The molecule has 1 aromatic rings. The molecule has 4 nitrogen and oxygen atoms in total. The van der Waals surface area contributed by atoms with E-state index in [4.69, 9.17) is 0 Å². The number of hydrogen-bond acceptors (Lipinski definition) is 3. The van der Waals surface area contributed by atoms with Crippen LogP contribution in [0.4, 0.5) is 13.2 Å². The van der Waals surface area contributed by atoms with Gasteiger partial charge in [0.15, 0.2) is 0 Å². The van der Waals surface area contributed by atoms with Crippen LogP contribution in [0.3, 0.4) is 0 Å². The van der Waals surface area contributed by atoms with Gasteiger partial charge in [-0.25, -0.2) is 4.98 Å². The van der Waals surface area contributed by atoms with Crippen molar-refractivity contribution in [2.75, 3.05) is 19.6 Å². The zero-order valence-electron chi connectivity index (χ0n) is 11.3. The second-order valence-electron chi connectivity index (χ2n) is 5.55. The average molecular weight is 288 g/mol. The molecule has 2 N–H and O–H groups in total. The molecule has 7 heteroatoms. The molecule has 0 atom stereocenters. The SMILES string of the molecule is FC(F)(F)c1nc(CCNCC2CC2)c2n1CCNC2. The lowest BCUT2D eigenvalue weighted by molar-refractivity contribution is -0.147. The third kappa shape index (κ3) is 2.98. The highest BCUT2D eigenvalue weighted by Gasteiger charge is 2.39. The van der Waals surface area contributed by atoms with E-state index in [0.29, 0.717) is 44.0 Å². The Hall–Kier alpha value is -1.08. The van der Waals surface area contributed by atoms with E-state index < -0.39 is 12.0 Å². The van der Waals surface area contributed by atoms with Gasteiger partial charge in [-0.15, -0.1) is 0 Å². The Morgan fingerprint density at radius 2 is 2.15 bits per heavy atom. The van der Waals surface area contributed by atoms with Gasteiger partial charge >= 0.3 is 6.18 Å². The molecule has 1 aliphatic heterocycles. The van der Waals surface area contributed by atoms with E-state index in [1.807, 2.05) is 0 Å². The molecule has 0 radical (unpaired) electrons. The summed E-state index contributed by atoms with van der Waals surface area (Å²) in [5, 5.41) is 6.42. The van der Waals surface area contributed by atoms with Crippen molar-refractivity contribution >= 4 is 0 Å². The molecule has 1 aromatic heterocycles. The number of hydrogen-bond donors (Lipinski definition) is 2. The quantitative estimate of drug-likeness (QED) is 0.808. The van der Waals surface area contributed by atoms with Crippen molar-refractivity contribution in [2.24, 2.45) is 5.92 Å². The maximum Gasteiger partial charge on any atom is 0.449 e. The minimum absolute atomic E-state index is 0.340. The second-order valence-corrected chi connectivity index (χ2v) is 5.55. The first kappa shape index (κ1) is 13.9. The molecular formula is C13H19F3N4. The monoisotopic (exact) mass is 288 g/mol. The normalized spacial score (nSPS) is 19.1. The fraction of sp³-hybridized carbons (Fsp3) is 0.769. The smallest absolute Gasteiger partial charge is 0.322 e. The van der Waals surface area contributed by atoms with Crippen LogP contribution >= 0.6 is 0 Å². The van der Waals surface area contributed by atoms with Gasteiger partial charge in [-0.3, -0.25) is 0 Å². The van der Waals surface area contributed by atoms with Crippen LogP contribution in [0.5, 0.6) is 0 Å². The standard InChI is InChI=1S/C13H19F3N4/c14-13(15,16)12-19-10(3-4-17-7-9-1-2-9)11-8-18-5-6-20(11)12/h9,17-18H,1-8H2. The molecule has 0 aromatic carbocycles. The summed E-state index contributed by atoms with van der Waals surface area (Å²) in [7, 11) is 0. The van der Waals surface area contributed by atoms with E-state index in [9.17, 15) is 13.2 Å². The van der Waals surface area contributed by atoms with Gasteiger partial charge in [-0.2, -0.15) is 13.2 Å². The van der Waals surface area contributed by atoms with E-state index in [1.54, 1.807) is 0 Å². The fourth-order valence-electron chi connectivity index (χ4n) is 2.62. The van der Waals surface area contributed by atoms with E-state index in [-0.39, 0.29) is 0 Å². The number of rotatable bonds is 5. The lowest BCUT2D eigenvalue weighted by Gasteiger charge is -2.19. The van der Waals surface area contributed by atoms with Crippen molar-refractivity contribution in [3.05, 3.63) is 17.2 Å². The first-order chi connectivity index (χ1) is 9.55. The van der Waals surface area contributed by atoms with Crippen molar-refractivity contribution in [1.82, 2.24) is 20.2 Å². The summed E-state index contributed by atoms with van der Waals surface area (Å²) in [5.41, 5.74) is 1.27. The van der Waals surface area contributed by atoms with Crippen LogP contribution in [0, 0.1) is 5.92 Å². The summed E-state index contributed by atoms with van der Waals surface area (Å²) in [4.78, 5) is 3.85. The minimum atomic E-state index is -4.37. The Labute approximate surface area is 115 Å². The van der Waals surface area contributed by atoms with Gasteiger partial charge < -0.3 is 15.2 Å². The van der Waals surface area contributed by atoms with Crippen molar-refractivity contribution in [3.8, 4) is 0 Å². The predicted octanol–water partition coefficient (Wildman–Crippen LogP) is 1.55. The van der Waals surface area contributed by atoms with Crippen LogP contribution in [-0.4, -0.2) is 29.2 Å². The Bertz CT molecular complexity index is 477. The average Bonchev–Trinajstić information content (AvgIpc) is 3.14. The number of nitrogens with one attached hydrogen (secondary N) is 2. The van der Waals surface area contributed by atoms with Gasteiger partial charge in [0, 0.05) is 32.6 Å². The predicted molar refractivity (Wildman–Crippen MR) is 68.2 cm³/mol. The number of alkyl halides is 3. The van der Waals surface area contributed by atoms with Gasteiger partial charge in [0.1, 0.15) is 0 Å². The zero-order valence-corrected chi connectivity index (χ0v) is 11.3. The number of halogens is 3. The molecule has 0 bridgehead atoms. The second kappa shape index (κ2) is 5.37. The van der Waals surface area contributed by atoms with E-state index in [1.165, 1.54) is 17.4 Å². The number of aromatic nitrogens is 2. The maximum absolute atomic E-state index is 13.0. The fourth-order valence-corrected chi connectivity index (χ4v) is 2.62. The molecule has 0 spiro atoms. The highest BCUT2D eigenvalue weighted by atomic mass is 19.4. The third-order valence-electron chi connectivity index (χ3n) is 3.88. The highest BCUT2D eigenvalue weighted by molar-refractivity contribution is 5.21. The molecule has 0 unspecified atom stereocenters. The summed E-state index contributed by atoms with van der Waals surface area (Å²) in [6.45, 7) is 3.04. The van der Waals surface area contributed by atoms with Gasteiger partial charge in [0.25, 0.3) is 0 Å². The van der Waals surface area contributed by atoms with Crippen molar-refractivity contribution in [2.45, 2.75) is 38.5 Å². The van der Waals surface area contributed by atoms with Crippen molar-refractivity contribution < 1.29 is 13.2 Å². The zero-order chi connectivity index (χ0) is 14.2. The molecule has 2 heterocycles. The lowest BCUT2D eigenvalue weighted by atomic mass is 10.2. The van der Waals surface area contributed by atoms with Crippen molar-refractivity contribution in [3.63, 3.8) is 0 Å². The van der Waals surface area contributed by atoms with Crippen LogP contribution in [0.1, 0.15) is 30.1 Å². The van der Waals surface area contributed by atoms with Gasteiger partial charge in [0.2, 0.25) is 5.82 Å². The van der Waals surface area contributed by atoms with Gasteiger partial charge in [0.05, 0.1) is 11.4 Å². The van der Waals surface area contributed by atoms with Crippen molar-refractivity contribution in [1.29, 1.82) is 0 Å². The third-order valence-corrected chi connectivity index (χ3v) is 3.88. The van der Waals surface area contributed by atoms with Crippen LogP contribution in [0.15, 0.2) is 0 Å².